The minimum Gasteiger partial charge on any atom is -0.384 e. The van der Waals surface area contributed by atoms with Gasteiger partial charge in [0.15, 0.2) is 0 Å². The molecule has 0 radical (unpaired) electrons. The maximum absolute atomic E-state index is 13.8. The van der Waals surface area contributed by atoms with Gasteiger partial charge in [0.2, 0.25) is 5.92 Å². The van der Waals surface area contributed by atoms with E-state index in [9.17, 15) is 8.78 Å². The van der Waals surface area contributed by atoms with Crippen molar-refractivity contribution in [2.45, 2.75) is 103 Å². The average molecular weight is 462 g/mol. The van der Waals surface area contributed by atoms with Crippen LogP contribution < -0.4 is 5.32 Å². The molecule has 0 bridgehead atoms. The molecular weight excluding hydrogens is 420 g/mol. The number of hydrogen-bond donors (Lipinski definition) is 1. The van der Waals surface area contributed by atoms with Gasteiger partial charge in [-0.2, -0.15) is 0 Å². The third-order valence-electron chi connectivity index (χ3n) is 7.35. The van der Waals surface area contributed by atoms with Crippen molar-refractivity contribution in [3.05, 3.63) is 36.4 Å². The fourth-order valence-corrected chi connectivity index (χ4v) is 5.44. The lowest BCUT2D eigenvalue weighted by Gasteiger charge is -2.40. The average Bonchev–Trinajstić information content (AvgIpc) is 3.60. The van der Waals surface area contributed by atoms with Gasteiger partial charge in [0.05, 0.1) is 17.8 Å². The number of allylic oxidation sites excluding steroid dienone is 1. The molecule has 3 unspecified atom stereocenters. The molecule has 5 nitrogen and oxygen atoms in total. The van der Waals surface area contributed by atoms with E-state index in [1.165, 1.54) is 12.8 Å². The van der Waals surface area contributed by atoms with E-state index in [4.69, 9.17) is 0 Å². The van der Waals surface area contributed by atoms with Crippen molar-refractivity contribution in [1.82, 2.24) is 25.2 Å². The molecule has 7 heteroatoms. The third-order valence-corrected chi connectivity index (χ3v) is 7.35. The number of aromatic nitrogens is 3. The zero-order valence-corrected chi connectivity index (χ0v) is 21.0. The lowest BCUT2D eigenvalue weighted by atomic mass is 9.84. The molecule has 4 atom stereocenters. The van der Waals surface area contributed by atoms with Gasteiger partial charge in [-0.25, -0.2) is 13.5 Å². The molecule has 2 heterocycles. The van der Waals surface area contributed by atoms with Gasteiger partial charge in [-0.15, -0.1) is 5.10 Å². The van der Waals surface area contributed by atoms with E-state index in [0.29, 0.717) is 17.8 Å². The van der Waals surface area contributed by atoms with Gasteiger partial charge < -0.3 is 10.2 Å². The summed E-state index contributed by atoms with van der Waals surface area (Å²) in [7, 11) is 0. The van der Waals surface area contributed by atoms with Crippen LogP contribution in [0.5, 0.6) is 0 Å². The predicted molar refractivity (Wildman–Crippen MR) is 128 cm³/mol. The van der Waals surface area contributed by atoms with Crippen molar-refractivity contribution < 1.29 is 8.78 Å². The Bertz CT molecular complexity index is 872. The zero-order chi connectivity index (χ0) is 24.1. The van der Waals surface area contributed by atoms with Crippen LogP contribution in [0.3, 0.4) is 0 Å². The van der Waals surface area contributed by atoms with Gasteiger partial charge in [0.1, 0.15) is 0 Å². The van der Waals surface area contributed by atoms with Crippen LogP contribution >= 0.6 is 0 Å². The van der Waals surface area contributed by atoms with Gasteiger partial charge >= 0.3 is 0 Å². The Balaban J connectivity index is 1.53. The van der Waals surface area contributed by atoms with Gasteiger partial charge in [-0.05, 0) is 56.3 Å². The normalized spacial score (nSPS) is 25.7. The van der Waals surface area contributed by atoms with Crippen molar-refractivity contribution in [2.24, 2.45) is 17.3 Å². The highest BCUT2D eigenvalue weighted by molar-refractivity contribution is 5.20. The first-order chi connectivity index (χ1) is 15.3. The molecule has 1 saturated heterocycles. The lowest BCUT2D eigenvalue weighted by molar-refractivity contribution is 0.00104. The largest absolute Gasteiger partial charge is 0.384 e. The zero-order valence-electron chi connectivity index (χ0n) is 21.0. The van der Waals surface area contributed by atoms with Gasteiger partial charge in [0.25, 0.3) is 0 Å². The summed E-state index contributed by atoms with van der Waals surface area (Å²) < 4.78 is 29.6. The summed E-state index contributed by atoms with van der Waals surface area (Å²) in [6.07, 6.45) is 7.29. The molecule has 1 aromatic rings. The molecule has 3 fully saturated rings. The molecule has 1 aliphatic heterocycles. The van der Waals surface area contributed by atoms with E-state index < -0.39 is 5.92 Å². The summed E-state index contributed by atoms with van der Waals surface area (Å²) in [4.78, 5) is 2.34. The Morgan fingerprint density at radius 1 is 1.18 bits per heavy atom. The first-order valence-corrected chi connectivity index (χ1v) is 12.5. The van der Waals surface area contributed by atoms with Crippen LogP contribution in [-0.2, 0) is 0 Å². The quantitative estimate of drug-likeness (QED) is 0.472. The highest BCUT2D eigenvalue weighted by atomic mass is 19.3. The summed E-state index contributed by atoms with van der Waals surface area (Å²) in [5.74, 6) is -1.35. The maximum atomic E-state index is 13.8. The van der Waals surface area contributed by atoms with Crippen LogP contribution in [0.15, 0.2) is 30.7 Å². The van der Waals surface area contributed by atoms with E-state index >= 15 is 0 Å². The molecule has 33 heavy (non-hydrogen) atoms. The van der Waals surface area contributed by atoms with Crippen LogP contribution in [0.2, 0.25) is 0 Å². The molecular formula is C26H41F2N5. The fourth-order valence-electron chi connectivity index (χ4n) is 5.44. The number of likely N-dealkylation sites (tertiary alicyclic amines) is 1. The van der Waals surface area contributed by atoms with E-state index in [1.807, 2.05) is 4.68 Å². The second-order valence-corrected chi connectivity index (χ2v) is 12.1. The molecule has 2 saturated carbocycles. The number of halogens is 2. The van der Waals surface area contributed by atoms with Crippen molar-refractivity contribution in [3.63, 3.8) is 0 Å². The molecule has 0 aromatic carbocycles. The summed E-state index contributed by atoms with van der Waals surface area (Å²) in [6.45, 7) is 19.6. The van der Waals surface area contributed by atoms with E-state index in [2.05, 4.69) is 67.6 Å². The van der Waals surface area contributed by atoms with Gasteiger partial charge in [-0.3, -0.25) is 0 Å². The minimum absolute atomic E-state index is 0.0375. The van der Waals surface area contributed by atoms with Gasteiger partial charge in [-0.1, -0.05) is 46.1 Å². The highest BCUT2D eigenvalue weighted by Crippen LogP contribution is 2.44. The topological polar surface area (TPSA) is 46.0 Å². The van der Waals surface area contributed by atoms with Crippen molar-refractivity contribution in [2.75, 3.05) is 6.54 Å². The standard InChI is InChI=1S/C26H41F2N5/c1-16-12-23(17(2)29-21(19-8-9-19)13-26(7,27)28)32(14-16)18(3)24(25(4,5)6)33-15-22(30-31-33)20-10-11-20/h15-16,19-21,23-24,29H,2-3,8-14H2,1,4-7H3/t16-,21?,23?,24?/m1/s1. The van der Waals surface area contributed by atoms with E-state index in [-0.39, 0.29) is 30.0 Å². The molecule has 4 rings (SSSR count). The molecule has 1 aromatic heterocycles. The molecule has 2 aliphatic carbocycles. The predicted octanol–water partition coefficient (Wildman–Crippen LogP) is 5.89. The number of nitrogens with zero attached hydrogens (tertiary/aromatic N) is 4. The summed E-state index contributed by atoms with van der Waals surface area (Å²) in [5, 5.41) is 12.4. The summed E-state index contributed by atoms with van der Waals surface area (Å²) in [5.41, 5.74) is 2.79. The lowest BCUT2D eigenvalue weighted by Crippen LogP contribution is -2.44. The second-order valence-electron chi connectivity index (χ2n) is 12.1. The Hall–Kier alpha value is -1.92. The Morgan fingerprint density at radius 3 is 2.39 bits per heavy atom. The molecule has 1 N–H and O–H groups in total. The molecule has 3 aliphatic rings. The van der Waals surface area contributed by atoms with E-state index in [1.54, 1.807) is 0 Å². The third kappa shape index (κ3) is 5.78. The first-order valence-electron chi connectivity index (χ1n) is 12.5. The SMILES string of the molecule is C=C(NC(CC(C)(F)F)C1CC1)C1C[C@@H](C)CN1C(=C)C(n1cc(C2CC2)nn1)C(C)(C)C. The van der Waals surface area contributed by atoms with Crippen LogP contribution in [0.4, 0.5) is 8.78 Å². The Labute approximate surface area is 197 Å². The number of alkyl halides is 2. The summed E-state index contributed by atoms with van der Waals surface area (Å²) >= 11 is 0. The first kappa shape index (κ1) is 24.2. The number of rotatable bonds is 10. The van der Waals surface area contributed by atoms with E-state index in [0.717, 1.165) is 49.8 Å². The molecule has 184 valence electrons. The van der Waals surface area contributed by atoms with Crippen LogP contribution in [0.1, 0.15) is 90.8 Å². The van der Waals surface area contributed by atoms with Crippen LogP contribution in [0, 0.1) is 17.3 Å². The van der Waals surface area contributed by atoms with Crippen molar-refractivity contribution in [1.29, 1.82) is 0 Å². The monoisotopic (exact) mass is 461 g/mol. The fraction of sp³-hybridized carbons (Fsp3) is 0.769. The van der Waals surface area contributed by atoms with Crippen LogP contribution in [0.25, 0.3) is 0 Å². The smallest absolute Gasteiger partial charge is 0.247 e. The Kier molecular flexibility index (Phi) is 6.38. The number of nitrogens with one attached hydrogen (secondary N) is 1. The highest BCUT2D eigenvalue weighted by Gasteiger charge is 2.42. The minimum atomic E-state index is -2.68. The summed E-state index contributed by atoms with van der Waals surface area (Å²) in [6, 6.07) is -0.230. The molecule has 0 spiro atoms. The van der Waals surface area contributed by atoms with Crippen molar-refractivity contribution in [3.8, 4) is 0 Å². The van der Waals surface area contributed by atoms with Crippen molar-refractivity contribution >= 4 is 0 Å². The maximum Gasteiger partial charge on any atom is 0.247 e. The second kappa shape index (κ2) is 8.70. The van der Waals surface area contributed by atoms with Gasteiger partial charge in [0, 0.05) is 42.5 Å². The number of hydrogen-bond acceptors (Lipinski definition) is 4. The molecule has 0 amide bonds. The van der Waals surface area contributed by atoms with Crippen LogP contribution in [-0.4, -0.2) is 44.4 Å². The Morgan fingerprint density at radius 2 is 1.85 bits per heavy atom.